The van der Waals surface area contributed by atoms with Crippen LogP contribution in [0.1, 0.15) is 22.8 Å². The number of hydrogen-bond acceptors (Lipinski definition) is 2. The van der Waals surface area contributed by atoms with E-state index in [2.05, 4.69) is 10.6 Å². The minimum Gasteiger partial charge on any atom is -0.357 e. The third-order valence-corrected chi connectivity index (χ3v) is 2.64. The molecule has 1 atom stereocenters. The zero-order chi connectivity index (χ0) is 12.8. The van der Waals surface area contributed by atoms with Gasteiger partial charge in [0.25, 0.3) is 5.91 Å². The van der Waals surface area contributed by atoms with E-state index in [0.29, 0.717) is 11.4 Å². The minimum absolute atomic E-state index is 0.230. The highest BCUT2D eigenvalue weighted by Gasteiger charge is 2.15. The molecule has 0 spiro atoms. The van der Waals surface area contributed by atoms with E-state index in [0.717, 1.165) is 5.56 Å². The van der Waals surface area contributed by atoms with Crippen molar-refractivity contribution in [2.24, 2.45) is 0 Å². The first-order valence-corrected chi connectivity index (χ1v) is 5.79. The predicted octanol–water partition coefficient (Wildman–Crippen LogP) is 1.29. The van der Waals surface area contributed by atoms with Crippen LogP contribution in [0, 0.1) is 0 Å². The van der Waals surface area contributed by atoms with E-state index in [1.807, 2.05) is 6.07 Å². The van der Waals surface area contributed by atoms with Gasteiger partial charge in [-0.15, -0.1) is 11.6 Å². The molecule has 1 aromatic rings. The van der Waals surface area contributed by atoms with Crippen molar-refractivity contribution in [3.8, 4) is 0 Å². The minimum atomic E-state index is -0.563. The maximum atomic E-state index is 11.8. The molecule has 0 aliphatic carbocycles. The van der Waals surface area contributed by atoms with Crippen LogP contribution in [0.25, 0.3) is 0 Å². The molecule has 0 bridgehead atoms. The summed E-state index contributed by atoms with van der Waals surface area (Å²) in [5, 5.41) is 5.07. The van der Waals surface area contributed by atoms with Crippen LogP contribution < -0.4 is 10.6 Å². The first kappa shape index (κ1) is 13.5. The Labute approximate surface area is 105 Å². The molecule has 1 rings (SSSR count). The predicted molar refractivity (Wildman–Crippen MR) is 67.0 cm³/mol. The molecule has 1 aromatic carbocycles. The smallest absolute Gasteiger partial charge is 0.251 e. The second kappa shape index (κ2) is 6.25. The Morgan fingerprint density at radius 2 is 2.12 bits per heavy atom. The number of halogens is 1. The van der Waals surface area contributed by atoms with E-state index in [4.69, 9.17) is 11.6 Å². The van der Waals surface area contributed by atoms with E-state index in [9.17, 15) is 9.59 Å². The average molecular weight is 255 g/mol. The first-order chi connectivity index (χ1) is 8.08. The molecule has 2 amide bonds. The lowest BCUT2D eigenvalue weighted by Crippen LogP contribution is -2.43. The number of carbonyl (C=O) groups excluding carboxylic acids is 2. The van der Waals surface area contributed by atoms with Gasteiger partial charge in [0, 0.05) is 18.5 Å². The molecular weight excluding hydrogens is 240 g/mol. The number of rotatable bonds is 4. The van der Waals surface area contributed by atoms with Gasteiger partial charge in [-0.2, -0.15) is 0 Å². The topological polar surface area (TPSA) is 58.2 Å². The number of nitrogens with one attached hydrogen (secondary N) is 2. The van der Waals surface area contributed by atoms with E-state index in [1.165, 1.54) is 7.05 Å². The second-order valence-electron chi connectivity index (χ2n) is 3.64. The lowest BCUT2D eigenvalue weighted by atomic mass is 10.1. The maximum absolute atomic E-state index is 11.8. The summed E-state index contributed by atoms with van der Waals surface area (Å²) >= 11 is 5.69. The van der Waals surface area contributed by atoms with E-state index in [1.54, 1.807) is 25.1 Å². The van der Waals surface area contributed by atoms with Crippen LogP contribution in [-0.2, 0) is 10.7 Å². The summed E-state index contributed by atoms with van der Waals surface area (Å²) in [4.78, 5) is 23.1. The van der Waals surface area contributed by atoms with Crippen LogP contribution in [0.5, 0.6) is 0 Å². The third kappa shape index (κ3) is 3.75. The van der Waals surface area contributed by atoms with Gasteiger partial charge in [0.2, 0.25) is 5.91 Å². The molecule has 5 heteroatoms. The molecule has 0 heterocycles. The third-order valence-electron chi connectivity index (χ3n) is 2.33. The van der Waals surface area contributed by atoms with Gasteiger partial charge in [-0.05, 0) is 24.6 Å². The molecule has 2 N–H and O–H groups in total. The fourth-order valence-electron chi connectivity index (χ4n) is 1.36. The van der Waals surface area contributed by atoms with Gasteiger partial charge in [-0.1, -0.05) is 12.1 Å². The quantitative estimate of drug-likeness (QED) is 0.796. The van der Waals surface area contributed by atoms with Crippen LogP contribution in [0.2, 0.25) is 0 Å². The number of hydrogen-bond donors (Lipinski definition) is 2. The molecule has 92 valence electrons. The molecular formula is C12H15ClN2O2. The standard InChI is InChI=1S/C12H15ClN2O2/c1-8(11(16)14-2)15-12(17)10-5-3-4-9(6-10)7-13/h3-6,8H,7H2,1-2H3,(H,14,16)(H,15,17). The van der Waals surface area contributed by atoms with Crippen molar-refractivity contribution in [3.63, 3.8) is 0 Å². The van der Waals surface area contributed by atoms with Gasteiger partial charge >= 0.3 is 0 Å². The number of carbonyl (C=O) groups is 2. The van der Waals surface area contributed by atoms with Crippen LogP contribution in [-0.4, -0.2) is 24.9 Å². The molecule has 0 fully saturated rings. The molecule has 17 heavy (non-hydrogen) atoms. The van der Waals surface area contributed by atoms with Crippen LogP contribution >= 0.6 is 11.6 Å². The highest BCUT2D eigenvalue weighted by atomic mass is 35.5. The molecule has 0 saturated carbocycles. The fraction of sp³-hybridized carbons (Fsp3) is 0.333. The average Bonchev–Trinajstić information content (AvgIpc) is 2.37. The maximum Gasteiger partial charge on any atom is 0.251 e. The van der Waals surface area contributed by atoms with Gasteiger partial charge in [0.05, 0.1) is 0 Å². The van der Waals surface area contributed by atoms with Gasteiger partial charge < -0.3 is 10.6 Å². The second-order valence-corrected chi connectivity index (χ2v) is 3.91. The van der Waals surface area contributed by atoms with E-state index in [-0.39, 0.29) is 11.8 Å². The summed E-state index contributed by atoms with van der Waals surface area (Å²) in [6.07, 6.45) is 0. The van der Waals surface area contributed by atoms with Crippen molar-refractivity contribution in [1.29, 1.82) is 0 Å². The Kier molecular flexibility index (Phi) is 4.97. The number of alkyl halides is 1. The summed E-state index contributed by atoms with van der Waals surface area (Å²) in [6, 6.07) is 6.43. The molecule has 1 unspecified atom stereocenters. The van der Waals surface area contributed by atoms with Crippen LogP contribution in [0.4, 0.5) is 0 Å². The van der Waals surface area contributed by atoms with Crippen molar-refractivity contribution < 1.29 is 9.59 Å². The summed E-state index contributed by atoms with van der Waals surface area (Å²) in [5.41, 5.74) is 1.37. The lowest BCUT2D eigenvalue weighted by Gasteiger charge is -2.12. The van der Waals surface area contributed by atoms with Crippen molar-refractivity contribution in [1.82, 2.24) is 10.6 Å². The van der Waals surface area contributed by atoms with Crippen molar-refractivity contribution in [2.75, 3.05) is 7.05 Å². The highest BCUT2D eigenvalue weighted by Crippen LogP contribution is 2.07. The molecule has 4 nitrogen and oxygen atoms in total. The summed E-state index contributed by atoms with van der Waals surface area (Å²) in [6.45, 7) is 1.63. The lowest BCUT2D eigenvalue weighted by molar-refractivity contribution is -0.122. The molecule has 0 radical (unpaired) electrons. The fourth-order valence-corrected chi connectivity index (χ4v) is 1.52. The zero-order valence-corrected chi connectivity index (χ0v) is 10.5. The van der Waals surface area contributed by atoms with Crippen LogP contribution in [0.3, 0.4) is 0 Å². The van der Waals surface area contributed by atoms with Gasteiger partial charge in [-0.25, -0.2) is 0 Å². The first-order valence-electron chi connectivity index (χ1n) is 5.26. The Balaban J connectivity index is 2.72. The number of amides is 2. The molecule has 0 aliphatic heterocycles. The van der Waals surface area contributed by atoms with Crippen molar-refractivity contribution in [2.45, 2.75) is 18.8 Å². The summed E-state index contributed by atoms with van der Waals surface area (Å²) in [7, 11) is 1.53. The Hall–Kier alpha value is -1.55. The molecule has 0 aromatic heterocycles. The van der Waals surface area contributed by atoms with Gasteiger partial charge in [-0.3, -0.25) is 9.59 Å². The van der Waals surface area contributed by atoms with E-state index >= 15 is 0 Å². The zero-order valence-electron chi connectivity index (χ0n) is 9.79. The van der Waals surface area contributed by atoms with Gasteiger partial charge in [0.15, 0.2) is 0 Å². The largest absolute Gasteiger partial charge is 0.357 e. The van der Waals surface area contributed by atoms with Crippen molar-refractivity contribution in [3.05, 3.63) is 35.4 Å². The highest BCUT2D eigenvalue weighted by molar-refractivity contribution is 6.17. The monoisotopic (exact) mass is 254 g/mol. The number of likely N-dealkylation sites (N-methyl/N-ethyl adjacent to an activating group) is 1. The summed E-state index contributed by atoms with van der Waals surface area (Å²) < 4.78 is 0. The Morgan fingerprint density at radius 3 is 2.71 bits per heavy atom. The summed E-state index contributed by atoms with van der Waals surface area (Å²) in [5.74, 6) is -0.161. The molecule has 0 aliphatic rings. The van der Waals surface area contributed by atoms with Crippen LogP contribution in [0.15, 0.2) is 24.3 Å². The Bertz CT molecular complexity index is 421. The molecule has 0 saturated heterocycles. The van der Waals surface area contributed by atoms with E-state index < -0.39 is 6.04 Å². The van der Waals surface area contributed by atoms with Crippen molar-refractivity contribution >= 4 is 23.4 Å². The normalized spacial score (nSPS) is 11.7. The van der Waals surface area contributed by atoms with Gasteiger partial charge in [0.1, 0.15) is 6.04 Å². The SMILES string of the molecule is CNC(=O)C(C)NC(=O)c1cccc(CCl)c1. The Morgan fingerprint density at radius 1 is 1.41 bits per heavy atom. The number of benzene rings is 1.